The number of aromatic nitrogens is 1. The zero-order valence-electron chi connectivity index (χ0n) is 16.2. The van der Waals surface area contributed by atoms with Gasteiger partial charge >= 0.3 is 0 Å². The van der Waals surface area contributed by atoms with E-state index in [1.165, 1.54) is 0 Å². The first-order valence-corrected chi connectivity index (χ1v) is 9.50. The van der Waals surface area contributed by atoms with E-state index < -0.39 is 23.6 Å². The van der Waals surface area contributed by atoms with Gasteiger partial charge in [-0.2, -0.15) is 0 Å². The first kappa shape index (κ1) is 19.7. The molecule has 0 saturated heterocycles. The summed E-state index contributed by atoms with van der Waals surface area (Å²) in [5.41, 5.74) is 2.74. The van der Waals surface area contributed by atoms with Gasteiger partial charge in [-0.25, -0.2) is 8.78 Å². The number of hydrogen-bond donors (Lipinski definition) is 1. The van der Waals surface area contributed by atoms with Crippen molar-refractivity contribution in [3.8, 4) is 0 Å². The minimum Gasteiger partial charge on any atom is -0.352 e. The highest BCUT2D eigenvalue weighted by molar-refractivity contribution is 6.11. The Labute approximate surface area is 172 Å². The number of anilines is 1. The van der Waals surface area contributed by atoms with Gasteiger partial charge in [0.15, 0.2) is 0 Å². The van der Waals surface area contributed by atoms with Crippen LogP contribution in [0.25, 0.3) is 0 Å². The summed E-state index contributed by atoms with van der Waals surface area (Å²) >= 11 is 0. The van der Waals surface area contributed by atoms with Gasteiger partial charge in [0.25, 0.3) is 5.91 Å². The molecule has 1 N–H and O–H groups in total. The molecule has 0 fully saturated rings. The summed E-state index contributed by atoms with van der Waals surface area (Å²) in [6, 6.07) is 13.3. The number of pyridine rings is 1. The lowest BCUT2D eigenvalue weighted by Gasteiger charge is -2.24. The highest BCUT2D eigenvalue weighted by Crippen LogP contribution is 2.38. The minimum atomic E-state index is -0.596. The zero-order chi connectivity index (χ0) is 21.3. The molecular formula is C23H19F2N3O2. The van der Waals surface area contributed by atoms with Crippen LogP contribution >= 0.6 is 0 Å². The van der Waals surface area contributed by atoms with E-state index in [2.05, 4.69) is 10.3 Å². The van der Waals surface area contributed by atoms with E-state index in [9.17, 15) is 18.4 Å². The van der Waals surface area contributed by atoms with E-state index in [-0.39, 0.29) is 24.4 Å². The lowest BCUT2D eigenvalue weighted by Crippen LogP contribution is -2.33. The third kappa shape index (κ3) is 3.78. The SMILES string of the molecule is Cc1ccc(N2C(=O)c3cccnc3[C@H]2CC(=O)NCc2cc(F)ccc2F)cc1. The Kier molecular flexibility index (Phi) is 5.27. The predicted molar refractivity (Wildman–Crippen MR) is 108 cm³/mol. The van der Waals surface area contributed by atoms with Crippen LogP contribution in [0.3, 0.4) is 0 Å². The molecular weight excluding hydrogens is 388 g/mol. The number of halogens is 2. The van der Waals surface area contributed by atoms with Crippen LogP contribution in [0.5, 0.6) is 0 Å². The first-order valence-electron chi connectivity index (χ1n) is 9.50. The molecule has 0 unspecified atom stereocenters. The molecule has 7 heteroatoms. The van der Waals surface area contributed by atoms with Crippen LogP contribution in [0.1, 0.15) is 39.6 Å². The Balaban J connectivity index is 1.56. The fraction of sp³-hybridized carbons (Fsp3) is 0.174. The molecule has 0 saturated carbocycles. The molecule has 0 aliphatic carbocycles. The number of hydrogen-bond acceptors (Lipinski definition) is 3. The Morgan fingerprint density at radius 3 is 2.67 bits per heavy atom. The summed E-state index contributed by atoms with van der Waals surface area (Å²) in [6.07, 6.45) is 1.53. The second-order valence-electron chi connectivity index (χ2n) is 7.18. The van der Waals surface area contributed by atoms with Gasteiger partial charge in [0.2, 0.25) is 5.91 Å². The van der Waals surface area contributed by atoms with Gasteiger partial charge in [0, 0.05) is 24.0 Å². The van der Waals surface area contributed by atoms with Gasteiger partial charge in [-0.05, 0) is 49.4 Å². The van der Waals surface area contributed by atoms with Crippen LogP contribution in [0, 0.1) is 18.6 Å². The number of carbonyl (C=O) groups excluding carboxylic acids is 2. The van der Waals surface area contributed by atoms with Crippen LogP contribution in [-0.4, -0.2) is 16.8 Å². The van der Waals surface area contributed by atoms with Crippen molar-refractivity contribution in [3.05, 3.63) is 94.8 Å². The second kappa shape index (κ2) is 8.02. The zero-order valence-corrected chi connectivity index (χ0v) is 16.2. The van der Waals surface area contributed by atoms with Crippen LogP contribution in [-0.2, 0) is 11.3 Å². The third-order valence-corrected chi connectivity index (χ3v) is 5.09. The Morgan fingerprint density at radius 1 is 1.13 bits per heavy atom. The molecule has 4 rings (SSSR count). The highest BCUT2D eigenvalue weighted by atomic mass is 19.1. The normalized spacial score (nSPS) is 15.2. The molecule has 1 aliphatic heterocycles. The second-order valence-corrected chi connectivity index (χ2v) is 7.18. The van der Waals surface area contributed by atoms with E-state index in [4.69, 9.17) is 0 Å². The van der Waals surface area contributed by atoms with Gasteiger partial charge in [-0.15, -0.1) is 0 Å². The monoisotopic (exact) mass is 407 g/mol. The fourth-order valence-electron chi connectivity index (χ4n) is 3.57. The van der Waals surface area contributed by atoms with Gasteiger partial charge in [-0.1, -0.05) is 17.7 Å². The lowest BCUT2D eigenvalue weighted by atomic mass is 10.1. The average Bonchev–Trinajstić information content (AvgIpc) is 3.01. The molecule has 2 heterocycles. The Hall–Kier alpha value is -3.61. The van der Waals surface area contributed by atoms with E-state index in [1.807, 2.05) is 31.2 Å². The third-order valence-electron chi connectivity index (χ3n) is 5.09. The molecule has 1 aromatic heterocycles. The molecule has 1 atom stereocenters. The number of nitrogens with zero attached hydrogens (tertiary/aromatic N) is 2. The number of fused-ring (bicyclic) bond motifs is 1. The Bertz CT molecular complexity index is 1120. The lowest BCUT2D eigenvalue weighted by molar-refractivity contribution is -0.121. The highest BCUT2D eigenvalue weighted by Gasteiger charge is 2.39. The van der Waals surface area contributed by atoms with Crippen molar-refractivity contribution >= 4 is 17.5 Å². The maximum Gasteiger partial charge on any atom is 0.260 e. The molecule has 0 bridgehead atoms. The minimum absolute atomic E-state index is 0.0550. The van der Waals surface area contributed by atoms with E-state index in [1.54, 1.807) is 23.2 Å². The topological polar surface area (TPSA) is 62.3 Å². The summed E-state index contributed by atoms with van der Waals surface area (Å²) < 4.78 is 27.2. The molecule has 3 aromatic rings. The van der Waals surface area contributed by atoms with Crippen molar-refractivity contribution in [1.82, 2.24) is 10.3 Å². The van der Waals surface area contributed by atoms with Gasteiger partial charge < -0.3 is 5.32 Å². The van der Waals surface area contributed by atoms with Crippen molar-refractivity contribution in [3.63, 3.8) is 0 Å². The van der Waals surface area contributed by atoms with Crippen molar-refractivity contribution in [2.45, 2.75) is 25.9 Å². The first-order chi connectivity index (χ1) is 14.4. The van der Waals surface area contributed by atoms with E-state index >= 15 is 0 Å². The standard InChI is InChI=1S/C23H19F2N3O2/c1-14-4-7-17(8-5-14)28-20(22-18(23(28)30)3-2-10-26-22)12-21(29)27-13-15-11-16(24)6-9-19(15)25/h2-11,20H,12-13H2,1H3,(H,27,29)/t20-/m1/s1. The van der Waals surface area contributed by atoms with Gasteiger partial charge in [0.1, 0.15) is 11.6 Å². The average molecular weight is 407 g/mol. The molecule has 2 aromatic carbocycles. The van der Waals surface area contributed by atoms with Crippen LogP contribution in [0.2, 0.25) is 0 Å². The molecule has 0 radical (unpaired) electrons. The van der Waals surface area contributed by atoms with Crippen molar-refractivity contribution in [2.75, 3.05) is 4.90 Å². The largest absolute Gasteiger partial charge is 0.352 e. The summed E-state index contributed by atoms with van der Waals surface area (Å²) in [6.45, 7) is 1.80. The van der Waals surface area contributed by atoms with E-state index in [0.29, 0.717) is 16.9 Å². The molecule has 0 spiro atoms. The summed E-state index contributed by atoms with van der Waals surface area (Å²) in [5.74, 6) is -1.80. The number of amides is 2. The molecule has 30 heavy (non-hydrogen) atoms. The van der Waals surface area contributed by atoms with Gasteiger partial charge in [0.05, 0.1) is 23.7 Å². The van der Waals surface area contributed by atoms with Crippen LogP contribution in [0.15, 0.2) is 60.8 Å². The molecule has 152 valence electrons. The smallest absolute Gasteiger partial charge is 0.260 e. The number of aryl methyl sites for hydroxylation is 1. The summed E-state index contributed by atoms with van der Waals surface area (Å²) in [4.78, 5) is 31.5. The van der Waals surface area contributed by atoms with Crippen molar-refractivity contribution < 1.29 is 18.4 Å². The molecule has 5 nitrogen and oxygen atoms in total. The fourth-order valence-corrected chi connectivity index (χ4v) is 3.57. The van der Waals surface area contributed by atoms with Crippen LogP contribution in [0.4, 0.5) is 14.5 Å². The van der Waals surface area contributed by atoms with Crippen LogP contribution < -0.4 is 10.2 Å². The van der Waals surface area contributed by atoms with Crippen molar-refractivity contribution in [2.24, 2.45) is 0 Å². The quantitative estimate of drug-likeness (QED) is 0.693. The molecule has 1 aliphatic rings. The number of carbonyl (C=O) groups is 2. The maximum atomic E-state index is 13.8. The summed E-state index contributed by atoms with van der Waals surface area (Å²) in [7, 11) is 0. The molecule has 2 amide bonds. The predicted octanol–water partition coefficient (Wildman–Crippen LogP) is 4.08. The van der Waals surface area contributed by atoms with Crippen molar-refractivity contribution in [1.29, 1.82) is 0 Å². The van der Waals surface area contributed by atoms with Gasteiger partial charge in [-0.3, -0.25) is 19.5 Å². The maximum absolute atomic E-state index is 13.8. The number of rotatable bonds is 5. The van der Waals surface area contributed by atoms with E-state index in [0.717, 1.165) is 23.8 Å². The number of benzene rings is 2. The Morgan fingerprint density at radius 2 is 1.90 bits per heavy atom. The summed E-state index contributed by atoms with van der Waals surface area (Å²) in [5, 5.41) is 2.61. The number of nitrogens with one attached hydrogen (secondary N) is 1.